The predicted octanol–water partition coefficient (Wildman–Crippen LogP) is 2.78. The van der Waals surface area contributed by atoms with Gasteiger partial charge in [-0.15, -0.1) is 0 Å². The predicted molar refractivity (Wildman–Crippen MR) is 77.7 cm³/mol. The van der Waals surface area contributed by atoms with E-state index < -0.39 is 0 Å². The Labute approximate surface area is 111 Å². The highest BCUT2D eigenvalue weighted by molar-refractivity contribution is 6.00. The summed E-state index contributed by atoms with van der Waals surface area (Å²) in [5, 5.41) is 0.925. The fourth-order valence-electron chi connectivity index (χ4n) is 2.37. The Hall–Kier alpha value is -2.36. The van der Waals surface area contributed by atoms with Crippen LogP contribution in [-0.4, -0.2) is 14.5 Å². The third-order valence-corrected chi connectivity index (χ3v) is 3.46. The molecule has 96 valence electrons. The SMILES string of the molecule is CCc1ccc(-c2cn(C)c3ncnc(N)c23)cc1. The lowest BCUT2D eigenvalue weighted by molar-refractivity contribution is 0.945. The number of fused-ring (bicyclic) bond motifs is 1. The van der Waals surface area contributed by atoms with Crippen molar-refractivity contribution in [1.29, 1.82) is 0 Å². The molecule has 0 aliphatic carbocycles. The molecule has 4 heteroatoms. The molecule has 2 heterocycles. The van der Waals surface area contributed by atoms with Crippen molar-refractivity contribution >= 4 is 16.9 Å². The van der Waals surface area contributed by atoms with Gasteiger partial charge >= 0.3 is 0 Å². The standard InChI is InChI=1S/C15H16N4/c1-3-10-4-6-11(7-5-10)12-8-19(2)15-13(12)14(16)17-9-18-15/h4-9H,3H2,1-2H3,(H2,16,17,18). The van der Waals surface area contributed by atoms with E-state index in [2.05, 4.69) is 47.4 Å². The van der Waals surface area contributed by atoms with Gasteiger partial charge in [0.15, 0.2) is 0 Å². The minimum atomic E-state index is 0.528. The maximum atomic E-state index is 6.00. The van der Waals surface area contributed by atoms with E-state index in [0.717, 1.165) is 28.6 Å². The summed E-state index contributed by atoms with van der Waals surface area (Å²) in [6, 6.07) is 8.54. The van der Waals surface area contributed by atoms with Crippen LogP contribution in [0.5, 0.6) is 0 Å². The first-order valence-electron chi connectivity index (χ1n) is 6.35. The summed E-state index contributed by atoms with van der Waals surface area (Å²) in [4.78, 5) is 8.39. The Morgan fingerprint density at radius 1 is 1.16 bits per heavy atom. The minimum absolute atomic E-state index is 0.528. The van der Waals surface area contributed by atoms with Crippen molar-refractivity contribution in [3.05, 3.63) is 42.4 Å². The van der Waals surface area contributed by atoms with Crippen molar-refractivity contribution in [3.8, 4) is 11.1 Å². The Balaban J connectivity index is 2.24. The smallest absolute Gasteiger partial charge is 0.145 e. The summed E-state index contributed by atoms with van der Waals surface area (Å²) in [6.45, 7) is 2.15. The van der Waals surface area contributed by atoms with Gasteiger partial charge in [-0.3, -0.25) is 0 Å². The zero-order valence-electron chi connectivity index (χ0n) is 11.1. The van der Waals surface area contributed by atoms with Gasteiger partial charge < -0.3 is 10.3 Å². The third kappa shape index (κ3) is 1.85. The second kappa shape index (κ2) is 4.39. The largest absolute Gasteiger partial charge is 0.383 e. The molecule has 0 bridgehead atoms. The van der Waals surface area contributed by atoms with Crippen LogP contribution in [0.2, 0.25) is 0 Å². The molecule has 0 saturated carbocycles. The highest BCUT2D eigenvalue weighted by Gasteiger charge is 2.12. The lowest BCUT2D eigenvalue weighted by Crippen LogP contribution is -1.94. The Bertz CT molecular complexity index is 726. The van der Waals surface area contributed by atoms with Gasteiger partial charge in [0, 0.05) is 18.8 Å². The fourth-order valence-corrected chi connectivity index (χ4v) is 2.37. The van der Waals surface area contributed by atoms with Crippen LogP contribution in [0.4, 0.5) is 5.82 Å². The van der Waals surface area contributed by atoms with Gasteiger partial charge in [-0.05, 0) is 17.5 Å². The number of nitrogens with two attached hydrogens (primary N) is 1. The Kier molecular flexibility index (Phi) is 2.71. The van der Waals surface area contributed by atoms with Crippen LogP contribution >= 0.6 is 0 Å². The molecule has 0 aliphatic rings. The van der Waals surface area contributed by atoms with Crippen molar-refractivity contribution < 1.29 is 0 Å². The maximum Gasteiger partial charge on any atom is 0.145 e. The molecule has 0 amide bonds. The number of aryl methyl sites for hydroxylation is 2. The van der Waals surface area contributed by atoms with E-state index in [4.69, 9.17) is 5.73 Å². The second-order valence-corrected chi connectivity index (χ2v) is 4.66. The first-order chi connectivity index (χ1) is 9.20. The van der Waals surface area contributed by atoms with Gasteiger partial charge in [-0.25, -0.2) is 9.97 Å². The van der Waals surface area contributed by atoms with Gasteiger partial charge in [-0.2, -0.15) is 0 Å². The topological polar surface area (TPSA) is 56.7 Å². The molecule has 2 aromatic heterocycles. The molecule has 0 aliphatic heterocycles. The molecule has 2 N–H and O–H groups in total. The Morgan fingerprint density at radius 2 is 1.89 bits per heavy atom. The summed E-state index contributed by atoms with van der Waals surface area (Å²) >= 11 is 0. The first kappa shape index (κ1) is 11.7. The van der Waals surface area contributed by atoms with Crippen molar-refractivity contribution in [3.63, 3.8) is 0 Å². The molecule has 0 unspecified atom stereocenters. The lowest BCUT2D eigenvalue weighted by atomic mass is 10.0. The molecule has 0 spiro atoms. The lowest BCUT2D eigenvalue weighted by Gasteiger charge is -2.02. The normalized spacial score (nSPS) is 11.1. The van der Waals surface area contributed by atoms with Crippen LogP contribution in [0, 0.1) is 0 Å². The van der Waals surface area contributed by atoms with Crippen molar-refractivity contribution in [1.82, 2.24) is 14.5 Å². The molecule has 0 atom stereocenters. The molecule has 0 radical (unpaired) electrons. The molecular formula is C15H16N4. The van der Waals surface area contributed by atoms with Gasteiger partial charge in [0.1, 0.15) is 17.8 Å². The Morgan fingerprint density at radius 3 is 2.58 bits per heavy atom. The maximum absolute atomic E-state index is 6.00. The van der Waals surface area contributed by atoms with Gasteiger partial charge in [0.05, 0.1) is 5.39 Å². The number of benzene rings is 1. The zero-order valence-corrected chi connectivity index (χ0v) is 11.1. The molecule has 3 aromatic rings. The first-order valence-corrected chi connectivity index (χ1v) is 6.35. The highest BCUT2D eigenvalue weighted by Crippen LogP contribution is 2.31. The number of hydrogen-bond donors (Lipinski definition) is 1. The van der Waals surface area contributed by atoms with Crippen LogP contribution in [0.1, 0.15) is 12.5 Å². The number of aromatic nitrogens is 3. The van der Waals surface area contributed by atoms with Crippen LogP contribution in [0.3, 0.4) is 0 Å². The summed E-state index contributed by atoms with van der Waals surface area (Å²) in [5.41, 5.74) is 10.4. The molecule has 0 saturated heterocycles. The monoisotopic (exact) mass is 252 g/mol. The second-order valence-electron chi connectivity index (χ2n) is 4.66. The average Bonchev–Trinajstić information content (AvgIpc) is 2.78. The van der Waals surface area contributed by atoms with E-state index in [0.29, 0.717) is 5.82 Å². The van der Waals surface area contributed by atoms with Gasteiger partial charge in [0.2, 0.25) is 0 Å². The van der Waals surface area contributed by atoms with Crippen molar-refractivity contribution in [2.45, 2.75) is 13.3 Å². The quantitative estimate of drug-likeness (QED) is 0.763. The van der Waals surface area contributed by atoms with E-state index in [1.54, 1.807) is 0 Å². The minimum Gasteiger partial charge on any atom is -0.383 e. The van der Waals surface area contributed by atoms with E-state index >= 15 is 0 Å². The fraction of sp³-hybridized carbons (Fsp3) is 0.200. The van der Waals surface area contributed by atoms with E-state index in [1.807, 2.05) is 11.6 Å². The number of anilines is 1. The molecule has 1 aromatic carbocycles. The van der Waals surface area contributed by atoms with Crippen LogP contribution in [-0.2, 0) is 13.5 Å². The van der Waals surface area contributed by atoms with E-state index in [1.165, 1.54) is 11.9 Å². The van der Waals surface area contributed by atoms with Crippen LogP contribution < -0.4 is 5.73 Å². The number of nitrogen functional groups attached to an aromatic ring is 1. The molecular weight excluding hydrogens is 236 g/mol. The summed E-state index contributed by atoms with van der Waals surface area (Å²) < 4.78 is 1.98. The van der Waals surface area contributed by atoms with Gasteiger partial charge in [0.25, 0.3) is 0 Å². The van der Waals surface area contributed by atoms with Crippen LogP contribution in [0.25, 0.3) is 22.2 Å². The zero-order chi connectivity index (χ0) is 13.4. The number of hydrogen-bond acceptors (Lipinski definition) is 3. The third-order valence-electron chi connectivity index (χ3n) is 3.46. The summed E-state index contributed by atoms with van der Waals surface area (Å²) in [7, 11) is 1.97. The average molecular weight is 252 g/mol. The molecule has 4 nitrogen and oxygen atoms in total. The number of rotatable bonds is 2. The molecule has 19 heavy (non-hydrogen) atoms. The van der Waals surface area contributed by atoms with E-state index in [9.17, 15) is 0 Å². The summed E-state index contributed by atoms with van der Waals surface area (Å²) in [6.07, 6.45) is 4.60. The van der Waals surface area contributed by atoms with E-state index in [-0.39, 0.29) is 0 Å². The number of nitrogens with zero attached hydrogens (tertiary/aromatic N) is 3. The van der Waals surface area contributed by atoms with Crippen molar-refractivity contribution in [2.24, 2.45) is 7.05 Å². The summed E-state index contributed by atoms with van der Waals surface area (Å²) in [5.74, 6) is 0.528. The van der Waals surface area contributed by atoms with Gasteiger partial charge in [-0.1, -0.05) is 31.2 Å². The molecule has 0 fully saturated rings. The highest BCUT2D eigenvalue weighted by atomic mass is 15.0. The molecule has 3 rings (SSSR count). The van der Waals surface area contributed by atoms with Crippen molar-refractivity contribution in [2.75, 3.05) is 5.73 Å². The van der Waals surface area contributed by atoms with Crippen LogP contribution in [0.15, 0.2) is 36.8 Å².